The van der Waals surface area contributed by atoms with Crippen LogP contribution in [0.25, 0.3) is 21.9 Å². The Labute approximate surface area is 184 Å². The molecule has 1 N–H and O–H groups in total. The van der Waals surface area contributed by atoms with Crippen LogP contribution in [0, 0.1) is 6.92 Å². The van der Waals surface area contributed by atoms with Crippen molar-refractivity contribution in [2.24, 2.45) is 0 Å². The van der Waals surface area contributed by atoms with Gasteiger partial charge in [-0.25, -0.2) is 4.79 Å². The molecule has 1 aliphatic rings. The van der Waals surface area contributed by atoms with Crippen molar-refractivity contribution >= 4 is 39.3 Å². The number of hydrogen-bond donors (Lipinski definition) is 1. The Kier molecular flexibility index (Phi) is 4.93. The third-order valence-electron chi connectivity index (χ3n) is 6.28. The fourth-order valence-electron chi connectivity index (χ4n) is 4.50. The number of carbonyl (C=O) groups is 2. The Hall–Kier alpha value is -3.67. The molecule has 4 aromatic rings. The summed E-state index contributed by atoms with van der Waals surface area (Å²) in [5.41, 5.74) is 4.15. The number of benzene rings is 2. The van der Waals surface area contributed by atoms with E-state index in [1.807, 2.05) is 13.0 Å². The van der Waals surface area contributed by atoms with E-state index in [2.05, 4.69) is 5.32 Å². The number of amides is 1. The van der Waals surface area contributed by atoms with Crippen LogP contribution >= 0.6 is 0 Å². The lowest BCUT2D eigenvalue weighted by atomic mass is 9.94. The largest absolute Gasteiger partial charge is 0.461 e. The first-order valence-electron chi connectivity index (χ1n) is 10.8. The highest BCUT2D eigenvalue weighted by molar-refractivity contribution is 5.99. The summed E-state index contributed by atoms with van der Waals surface area (Å²) in [6, 6.07) is 10.5. The molecule has 1 aliphatic carbocycles. The number of anilines is 1. The molecule has 1 amide bonds. The lowest BCUT2D eigenvalue weighted by Crippen LogP contribution is -2.20. The summed E-state index contributed by atoms with van der Waals surface area (Å²) in [6.45, 7) is 3.34. The second kappa shape index (κ2) is 7.79. The molecule has 2 aromatic heterocycles. The minimum Gasteiger partial charge on any atom is -0.461 e. The van der Waals surface area contributed by atoms with Crippen molar-refractivity contribution in [3.8, 4) is 0 Å². The van der Waals surface area contributed by atoms with Crippen LogP contribution in [0.5, 0.6) is 0 Å². The molecule has 0 spiro atoms. The molecule has 162 valence electrons. The summed E-state index contributed by atoms with van der Waals surface area (Å²) in [6.07, 6.45) is 4.09. The highest BCUT2D eigenvalue weighted by Crippen LogP contribution is 2.35. The minimum absolute atomic E-state index is 0.0414. The molecule has 0 saturated heterocycles. The van der Waals surface area contributed by atoms with E-state index in [1.54, 1.807) is 30.3 Å². The molecule has 0 bridgehead atoms. The smallest absolute Gasteiger partial charge is 0.340 e. The Bertz CT molecular complexity index is 1440. The van der Waals surface area contributed by atoms with E-state index < -0.39 is 5.63 Å². The van der Waals surface area contributed by atoms with Crippen LogP contribution in [0.1, 0.15) is 52.6 Å². The van der Waals surface area contributed by atoms with Gasteiger partial charge in [-0.1, -0.05) is 0 Å². The van der Waals surface area contributed by atoms with Gasteiger partial charge in [0, 0.05) is 40.1 Å². The lowest BCUT2D eigenvalue weighted by molar-refractivity contribution is -0.115. The molecule has 0 aliphatic heterocycles. The second-order valence-corrected chi connectivity index (χ2v) is 8.41. The van der Waals surface area contributed by atoms with E-state index in [4.69, 9.17) is 8.83 Å². The summed E-state index contributed by atoms with van der Waals surface area (Å²) in [4.78, 5) is 36.7. The summed E-state index contributed by atoms with van der Waals surface area (Å²) in [5, 5.41) is 4.66. The number of fused-ring (bicyclic) bond motifs is 4. The van der Waals surface area contributed by atoms with Crippen molar-refractivity contribution in [2.45, 2.75) is 46.0 Å². The Balaban J connectivity index is 1.48. The van der Waals surface area contributed by atoms with E-state index in [0.717, 1.165) is 53.4 Å². The van der Waals surface area contributed by atoms with Gasteiger partial charge in [0.25, 0.3) is 0 Å². The van der Waals surface area contributed by atoms with Gasteiger partial charge in [-0.05, 0) is 69.0 Å². The van der Waals surface area contributed by atoms with Crippen molar-refractivity contribution in [2.75, 3.05) is 5.32 Å². The molecule has 0 atom stereocenters. The van der Waals surface area contributed by atoms with Gasteiger partial charge in [0.1, 0.15) is 16.9 Å². The molecular formula is C26H23NO5. The fourth-order valence-corrected chi connectivity index (χ4v) is 4.50. The van der Waals surface area contributed by atoms with E-state index in [1.165, 1.54) is 12.5 Å². The Morgan fingerprint density at radius 1 is 0.969 bits per heavy atom. The topological polar surface area (TPSA) is 89.5 Å². The Morgan fingerprint density at radius 3 is 2.44 bits per heavy atom. The monoisotopic (exact) mass is 429 g/mol. The maximum Gasteiger partial charge on any atom is 0.340 e. The normalized spacial score (nSPS) is 13.3. The molecule has 6 nitrogen and oxygen atoms in total. The molecular weight excluding hydrogens is 406 g/mol. The van der Waals surface area contributed by atoms with E-state index in [0.29, 0.717) is 22.4 Å². The van der Waals surface area contributed by atoms with Crippen molar-refractivity contribution < 1.29 is 18.4 Å². The summed E-state index contributed by atoms with van der Waals surface area (Å²) in [5.74, 6) is 0.661. The molecule has 0 fully saturated rings. The molecule has 0 radical (unpaired) electrons. The molecule has 6 heteroatoms. The number of aryl methyl sites for hydroxylation is 3. The lowest BCUT2D eigenvalue weighted by Gasteiger charge is -2.10. The van der Waals surface area contributed by atoms with Gasteiger partial charge >= 0.3 is 5.63 Å². The maximum absolute atomic E-state index is 12.7. The zero-order valence-corrected chi connectivity index (χ0v) is 18.0. The first-order chi connectivity index (χ1) is 15.4. The van der Waals surface area contributed by atoms with Crippen LogP contribution in [0.3, 0.4) is 0 Å². The van der Waals surface area contributed by atoms with Crippen molar-refractivity contribution in [1.82, 2.24) is 0 Å². The van der Waals surface area contributed by atoms with Gasteiger partial charge < -0.3 is 14.2 Å². The zero-order valence-electron chi connectivity index (χ0n) is 18.0. The van der Waals surface area contributed by atoms with Crippen LogP contribution in [0.2, 0.25) is 0 Å². The predicted octanol–water partition coefficient (Wildman–Crippen LogP) is 5.11. The van der Waals surface area contributed by atoms with E-state index in [-0.39, 0.29) is 18.1 Å². The predicted molar refractivity (Wildman–Crippen MR) is 122 cm³/mol. The maximum atomic E-state index is 12.7. The number of rotatable bonds is 4. The standard InChI is InChI=1S/C26H23NO5/c1-14-19-11-21-18-5-3-4-6-22(18)31-24(21)13-23(19)32-26(30)20(14)12-25(29)27-17-9-7-16(8-10-17)15(2)28/h7-11,13H,3-6,12H2,1-2H3,(H,27,29). The zero-order chi connectivity index (χ0) is 22.4. The number of Topliss-reactive ketones (excluding diaryl/α,β-unsaturated/α-hetero) is 1. The number of furan rings is 1. The molecule has 2 heterocycles. The molecule has 5 rings (SSSR count). The average Bonchev–Trinajstić information content (AvgIpc) is 3.13. The molecule has 0 saturated carbocycles. The third kappa shape index (κ3) is 3.51. The van der Waals surface area contributed by atoms with Gasteiger partial charge in [0.2, 0.25) is 5.91 Å². The van der Waals surface area contributed by atoms with Crippen LogP contribution in [0.4, 0.5) is 5.69 Å². The highest BCUT2D eigenvalue weighted by atomic mass is 16.4. The first kappa shape index (κ1) is 20.2. The van der Waals surface area contributed by atoms with Crippen LogP contribution in [-0.2, 0) is 24.1 Å². The van der Waals surface area contributed by atoms with Gasteiger partial charge in [-0.15, -0.1) is 0 Å². The third-order valence-corrected chi connectivity index (χ3v) is 6.28. The van der Waals surface area contributed by atoms with Crippen LogP contribution in [-0.4, -0.2) is 11.7 Å². The number of carbonyl (C=O) groups excluding carboxylic acids is 2. The average molecular weight is 429 g/mol. The second-order valence-electron chi connectivity index (χ2n) is 8.41. The van der Waals surface area contributed by atoms with Crippen LogP contribution in [0.15, 0.2) is 50.0 Å². The Morgan fingerprint density at radius 2 is 1.69 bits per heavy atom. The highest BCUT2D eigenvalue weighted by Gasteiger charge is 2.21. The van der Waals surface area contributed by atoms with Gasteiger partial charge in [0.15, 0.2) is 5.78 Å². The molecule has 2 aromatic carbocycles. The molecule has 0 unspecified atom stereocenters. The number of ketones is 1. The first-order valence-corrected chi connectivity index (χ1v) is 10.8. The van der Waals surface area contributed by atoms with Gasteiger partial charge in [-0.2, -0.15) is 0 Å². The van der Waals surface area contributed by atoms with Crippen molar-refractivity contribution in [3.05, 3.63) is 74.8 Å². The van der Waals surface area contributed by atoms with Gasteiger partial charge in [0.05, 0.1) is 12.0 Å². The summed E-state index contributed by atoms with van der Waals surface area (Å²) < 4.78 is 11.6. The van der Waals surface area contributed by atoms with Gasteiger partial charge in [-0.3, -0.25) is 9.59 Å². The minimum atomic E-state index is -0.521. The van der Waals surface area contributed by atoms with E-state index in [9.17, 15) is 14.4 Å². The van der Waals surface area contributed by atoms with Crippen LogP contribution < -0.4 is 10.9 Å². The van der Waals surface area contributed by atoms with Crippen molar-refractivity contribution in [1.29, 1.82) is 0 Å². The number of nitrogens with one attached hydrogen (secondary N) is 1. The molecule has 32 heavy (non-hydrogen) atoms. The van der Waals surface area contributed by atoms with E-state index >= 15 is 0 Å². The SMILES string of the molecule is CC(=O)c1ccc(NC(=O)Cc2c(C)c3cc4c5c(oc4cc3oc2=O)CCCC5)cc1. The number of hydrogen-bond acceptors (Lipinski definition) is 5. The van der Waals surface area contributed by atoms with Crippen molar-refractivity contribution in [3.63, 3.8) is 0 Å². The summed E-state index contributed by atoms with van der Waals surface area (Å²) >= 11 is 0. The fraction of sp³-hybridized carbons (Fsp3) is 0.269. The quantitative estimate of drug-likeness (QED) is 0.360. The summed E-state index contributed by atoms with van der Waals surface area (Å²) in [7, 11) is 0.